The molecule has 21 heavy (non-hydrogen) atoms. The van der Waals surface area contributed by atoms with Crippen molar-refractivity contribution in [2.45, 2.75) is 18.9 Å². The minimum atomic E-state index is 0.233. The molecule has 0 aliphatic carbocycles. The van der Waals surface area contributed by atoms with E-state index in [0.29, 0.717) is 5.92 Å². The first kappa shape index (κ1) is 16.3. The van der Waals surface area contributed by atoms with E-state index in [-0.39, 0.29) is 6.10 Å². The Bertz CT molecular complexity index is 435. The molecule has 2 N–H and O–H groups in total. The zero-order chi connectivity index (χ0) is 15.1. The highest BCUT2D eigenvalue weighted by molar-refractivity contribution is 7.10. The van der Waals surface area contributed by atoms with Gasteiger partial charge in [-0.2, -0.15) is 0 Å². The second kappa shape index (κ2) is 8.36. The summed E-state index contributed by atoms with van der Waals surface area (Å²) < 4.78 is 5.74. The molecule has 6 heteroatoms. The summed E-state index contributed by atoms with van der Waals surface area (Å²) in [4.78, 5) is 7.97. The van der Waals surface area contributed by atoms with Gasteiger partial charge in [0.15, 0.2) is 5.96 Å². The van der Waals surface area contributed by atoms with Crippen molar-refractivity contribution in [3.8, 4) is 0 Å². The number of morpholine rings is 1. The Hall–Kier alpha value is -1.11. The number of guanidine groups is 1. The average molecular weight is 310 g/mol. The molecule has 0 bridgehead atoms. The molecule has 1 aromatic rings. The van der Waals surface area contributed by atoms with Crippen LogP contribution in [0.15, 0.2) is 22.5 Å². The third-order valence-electron chi connectivity index (χ3n) is 3.67. The highest BCUT2D eigenvalue weighted by atomic mass is 32.1. The first-order chi connectivity index (χ1) is 10.2. The van der Waals surface area contributed by atoms with E-state index in [1.54, 1.807) is 18.4 Å². The molecular weight excluding hydrogens is 284 g/mol. The molecule has 2 unspecified atom stereocenters. The third-order valence-corrected chi connectivity index (χ3v) is 4.77. The van der Waals surface area contributed by atoms with Crippen molar-refractivity contribution in [1.82, 2.24) is 15.5 Å². The molecule has 1 aliphatic rings. The molecule has 1 fully saturated rings. The van der Waals surface area contributed by atoms with Gasteiger partial charge < -0.3 is 20.3 Å². The summed E-state index contributed by atoms with van der Waals surface area (Å²) in [5.41, 5.74) is 0. The lowest BCUT2D eigenvalue weighted by atomic mass is 10.1. The Morgan fingerprint density at radius 2 is 2.43 bits per heavy atom. The van der Waals surface area contributed by atoms with Crippen LogP contribution < -0.4 is 10.6 Å². The first-order valence-electron chi connectivity index (χ1n) is 7.47. The van der Waals surface area contributed by atoms with Crippen molar-refractivity contribution < 1.29 is 4.74 Å². The highest BCUT2D eigenvalue weighted by Gasteiger charge is 2.17. The molecule has 2 heterocycles. The maximum Gasteiger partial charge on any atom is 0.191 e. The summed E-state index contributed by atoms with van der Waals surface area (Å²) in [6.07, 6.45) is 0.233. The molecule has 2 rings (SSSR count). The molecule has 5 nitrogen and oxygen atoms in total. The maximum absolute atomic E-state index is 5.74. The second-order valence-corrected chi connectivity index (χ2v) is 6.48. The van der Waals surface area contributed by atoms with Gasteiger partial charge in [0, 0.05) is 44.0 Å². The van der Waals surface area contributed by atoms with Crippen LogP contribution in [0.1, 0.15) is 17.7 Å². The van der Waals surface area contributed by atoms with Crippen LogP contribution in [0.25, 0.3) is 0 Å². The Balaban J connectivity index is 1.71. The summed E-state index contributed by atoms with van der Waals surface area (Å²) in [6, 6.07) is 4.28. The Labute approximate surface area is 131 Å². The van der Waals surface area contributed by atoms with Crippen molar-refractivity contribution in [3.05, 3.63) is 22.4 Å². The molecule has 2 atom stereocenters. The fraction of sp³-hybridized carbons (Fsp3) is 0.667. The number of likely N-dealkylation sites (N-methyl/N-ethyl adjacent to an activating group) is 1. The van der Waals surface area contributed by atoms with Crippen molar-refractivity contribution in [3.63, 3.8) is 0 Å². The van der Waals surface area contributed by atoms with Crippen LogP contribution in [-0.2, 0) is 4.74 Å². The molecule has 0 radical (unpaired) electrons. The fourth-order valence-corrected chi connectivity index (χ4v) is 3.13. The van der Waals surface area contributed by atoms with E-state index in [1.165, 1.54) is 4.88 Å². The molecule has 1 aromatic heterocycles. The van der Waals surface area contributed by atoms with Gasteiger partial charge in [0.1, 0.15) is 0 Å². The molecule has 0 saturated carbocycles. The van der Waals surface area contributed by atoms with E-state index >= 15 is 0 Å². The Morgan fingerprint density at radius 1 is 1.57 bits per heavy atom. The van der Waals surface area contributed by atoms with Gasteiger partial charge in [-0.1, -0.05) is 13.0 Å². The molecule has 118 valence electrons. The number of rotatable bonds is 5. The van der Waals surface area contributed by atoms with E-state index in [4.69, 9.17) is 4.74 Å². The molecule has 0 amide bonds. The number of thiophene rings is 1. The highest BCUT2D eigenvalue weighted by Crippen LogP contribution is 2.19. The predicted molar refractivity (Wildman–Crippen MR) is 89.3 cm³/mol. The standard InChI is InChI=1S/C15H26N4OS/c1-12(14-5-4-8-21-14)9-17-15(16-2)18-10-13-11-19(3)6-7-20-13/h4-5,8,12-13H,6-7,9-11H2,1-3H3,(H2,16,17,18). The summed E-state index contributed by atoms with van der Waals surface area (Å²) in [7, 11) is 3.93. The average Bonchev–Trinajstić information content (AvgIpc) is 3.01. The van der Waals surface area contributed by atoms with E-state index in [2.05, 4.69) is 52.0 Å². The van der Waals surface area contributed by atoms with Gasteiger partial charge in [0.25, 0.3) is 0 Å². The van der Waals surface area contributed by atoms with Crippen molar-refractivity contribution in [2.24, 2.45) is 4.99 Å². The van der Waals surface area contributed by atoms with Gasteiger partial charge in [-0.25, -0.2) is 0 Å². The molecule has 0 aromatic carbocycles. The zero-order valence-electron chi connectivity index (χ0n) is 13.1. The van der Waals surface area contributed by atoms with Crippen molar-refractivity contribution in [2.75, 3.05) is 46.9 Å². The van der Waals surface area contributed by atoms with E-state index in [9.17, 15) is 0 Å². The minimum Gasteiger partial charge on any atom is -0.374 e. The van der Waals surface area contributed by atoms with Crippen LogP contribution in [0.4, 0.5) is 0 Å². The normalized spacial score (nSPS) is 22.0. The zero-order valence-corrected chi connectivity index (χ0v) is 13.9. The lowest BCUT2D eigenvalue weighted by Crippen LogP contribution is -2.48. The summed E-state index contributed by atoms with van der Waals surface area (Å²) in [5.74, 6) is 1.33. The number of hydrogen-bond acceptors (Lipinski definition) is 4. The van der Waals surface area contributed by atoms with Gasteiger partial charge >= 0.3 is 0 Å². The van der Waals surface area contributed by atoms with E-state index < -0.39 is 0 Å². The van der Waals surface area contributed by atoms with Crippen LogP contribution in [0.2, 0.25) is 0 Å². The molecule has 0 spiro atoms. The fourth-order valence-electron chi connectivity index (χ4n) is 2.34. The van der Waals surface area contributed by atoms with Gasteiger partial charge in [-0.05, 0) is 18.5 Å². The largest absolute Gasteiger partial charge is 0.374 e. The van der Waals surface area contributed by atoms with Gasteiger partial charge in [0.2, 0.25) is 0 Å². The predicted octanol–water partition coefficient (Wildman–Crippen LogP) is 1.35. The van der Waals surface area contributed by atoms with E-state index in [0.717, 1.165) is 38.7 Å². The minimum absolute atomic E-state index is 0.233. The van der Waals surface area contributed by atoms with Gasteiger partial charge in [0.05, 0.1) is 12.7 Å². The van der Waals surface area contributed by atoms with Crippen LogP contribution in [-0.4, -0.2) is 63.8 Å². The van der Waals surface area contributed by atoms with Crippen LogP contribution in [0, 0.1) is 0 Å². The molecule has 1 saturated heterocycles. The number of nitrogens with one attached hydrogen (secondary N) is 2. The molecule has 1 aliphatic heterocycles. The van der Waals surface area contributed by atoms with Crippen molar-refractivity contribution in [1.29, 1.82) is 0 Å². The van der Waals surface area contributed by atoms with E-state index in [1.807, 2.05) is 0 Å². The van der Waals surface area contributed by atoms with Crippen LogP contribution in [0.5, 0.6) is 0 Å². The first-order valence-corrected chi connectivity index (χ1v) is 8.35. The number of nitrogens with zero attached hydrogens (tertiary/aromatic N) is 2. The van der Waals surface area contributed by atoms with Gasteiger partial charge in [-0.15, -0.1) is 11.3 Å². The van der Waals surface area contributed by atoms with Crippen LogP contribution in [0.3, 0.4) is 0 Å². The lowest BCUT2D eigenvalue weighted by Gasteiger charge is -2.30. The molecular formula is C15H26N4OS. The quantitative estimate of drug-likeness (QED) is 0.637. The van der Waals surface area contributed by atoms with Gasteiger partial charge in [-0.3, -0.25) is 4.99 Å². The lowest BCUT2D eigenvalue weighted by molar-refractivity contribution is -0.0161. The smallest absolute Gasteiger partial charge is 0.191 e. The summed E-state index contributed by atoms with van der Waals surface area (Å²) in [5, 5.41) is 8.86. The second-order valence-electron chi connectivity index (χ2n) is 5.51. The Morgan fingerprint density at radius 3 is 3.10 bits per heavy atom. The third kappa shape index (κ3) is 5.30. The monoisotopic (exact) mass is 310 g/mol. The maximum atomic E-state index is 5.74. The summed E-state index contributed by atoms with van der Waals surface area (Å²) in [6.45, 7) is 6.69. The Kier molecular flexibility index (Phi) is 6.48. The summed E-state index contributed by atoms with van der Waals surface area (Å²) >= 11 is 1.80. The number of ether oxygens (including phenoxy) is 1. The number of hydrogen-bond donors (Lipinski definition) is 2. The van der Waals surface area contributed by atoms with Crippen molar-refractivity contribution >= 4 is 17.3 Å². The topological polar surface area (TPSA) is 48.9 Å². The number of aliphatic imine (C=N–C) groups is 1. The van der Waals surface area contributed by atoms with Crippen LogP contribution >= 0.6 is 11.3 Å². The SMILES string of the molecule is CN=C(NCC1CN(C)CCO1)NCC(C)c1cccs1.